The monoisotopic (exact) mass is 491 g/mol. The number of alkyl halides is 1. The zero-order chi connectivity index (χ0) is 25.8. The van der Waals surface area contributed by atoms with Crippen LogP contribution >= 0.6 is 0 Å². The SMILES string of the molecule is CC(=O)N1CCN(C(=O)c2ccc(-c3nc4ccc(N)c(C=N)c4c4c3CCOC4)cc2)CC1.CF. The van der Waals surface area contributed by atoms with E-state index in [2.05, 4.69) is 0 Å². The van der Waals surface area contributed by atoms with Crippen molar-refractivity contribution in [3.8, 4) is 11.3 Å². The number of aromatic nitrogens is 1. The molecule has 9 heteroatoms. The molecule has 0 aliphatic carbocycles. The Labute approximate surface area is 209 Å². The molecule has 0 unspecified atom stereocenters. The number of ether oxygens (including phenoxy) is 1. The van der Waals surface area contributed by atoms with Gasteiger partial charge in [-0.15, -0.1) is 0 Å². The van der Waals surface area contributed by atoms with Crippen LogP contribution in [0.5, 0.6) is 0 Å². The van der Waals surface area contributed by atoms with Crippen LogP contribution < -0.4 is 5.73 Å². The molecule has 0 saturated carbocycles. The predicted octanol–water partition coefficient (Wildman–Crippen LogP) is 3.44. The van der Waals surface area contributed by atoms with Gasteiger partial charge in [0.25, 0.3) is 5.91 Å². The summed E-state index contributed by atoms with van der Waals surface area (Å²) in [6.07, 6.45) is 2.01. The number of piperazine rings is 1. The molecule has 2 aromatic carbocycles. The maximum absolute atomic E-state index is 13.0. The number of rotatable bonds is 3. The topological polar surface area (TPSA) is 113 Å². The van der Waals surface area contributed by atoms with Crippen LogP contribution in [0.4, 0.5) is 10.1 Å². The number of hydrogen-bond donors (Lipinski definition) is 2. The van der Waals surface area contributed by atoms with Crippen LogP contribution in [0.3, 0.4) is 0 Å². The number of amides is 2. The summed E-state index contributed by atoms with van der Waals surface area (Å²) in [5, 5.41) is 8.73. The number of pyridine rings is 1. The molecule has 1 fully saturated rings. The highest BCUT2D eigenvalue weighted by Gasteiger charge is 2.25. The summed E-state index contributed by atoms with van der Waals surface area (Å²) in [6, 6.07) is 11.2. The second-order valence-corrected chi connectivity index (χ2v) is 8.70. The number of nitrogens with one attached hydrogen (secondary N) is 1. The lowest BCUT2D eigenvalue weighted by atomic mass is 9.91. The molecule has 3 heterocycles. The lowest BCUT2D eigenvalue weighted by Gasteiger charge is -2.34. The number of halogens is 1. The van der Waals surface area contributed by atoms with Crippen LogP contribution in [0.1, 0.15) is 34.0 Å². The third-order valence-corrected chi connectivity index (χ3v) is 6.75. The van der Waals surface area contributed by atoms with Gasteiger partial charge in [-0.2, -0.15) is 0 Å². The van der Waals surface area contributed by atoms with Crippen molar-refractivity contribution < 1.29 is 18.7 Å². The predicted molar refractivity (Wildman–Crippen MR) is 138 cm³/mol. The molecule has 36 heavy (non-hydrogen) atoms. The van der Waals surface area contributed by atoms with Crippen molar-refractivity contribution in [2.45, 2.75) is 20.0 Å². The number of nitrogens with two attached hydrogens (primary N) is 1. The Kier molecular flexibility index (Phi) is 7.59. The fourth-order valence-corrected chi connectivity index (χ4v) is 4.87. The second-order valence-electron chi connectivity index (χ2n) is 8.70. The summed E-state index contributed by atoms with van der Waals surface area (Å²) in [6.45, 7) is 4.83. The first-order valence-electron chi connectivity index (χ1n) is 11.8. The highest BCUT2D eigenvalue weighted by atomic mass is 19.1. The van der Waals surface area contributed by atoms with Crippen LogP contribution in [-0.4, -0.2) is 72.8 Å². The number of fused-ring (bicyclic) bond motifs is 3. The summed E-state index contributed by atoms with van der Waals surface area (Å²) in [4.78, 5) is 33.1. The molecule has 8 nitrogen and oxygen atoms in total. The van der Waals surface area contributed by atoms with Gasteiger partial charge in [0.1, 0.15) is 0 Å². The summed E-state index contributed by atoms with van der Waals surface area (Å²) in [5.74, 6) is 0.0197. The molecule has 0 bridgehead atoms. The molecule has 2 aliphatic heterocycles. The molecule has 0 radical (unpaired) electrons. The van der Waals surface area contributed by atoms with Gasteiger partial charge in [-0.3, -0.25) is 14.0 Å². The molecular formula is C27H30FN5O3. The smallest absolute Gasteiger partial charge is 0.253 e. The van der Waals surface area contributed by atoms with Gasteiger partial charge in [0.15, 0.2) is 0 Å². The lowest BCUT2D eigenvalue weighted by molar-refractivity contribution is -0.130. The Morgan fingerprint density at radius 2 is 1.69 bits per heavy atom. The quantitative estimate of drug-likeness (QED) is 0.431. The highest BCUT2D eigenvalue weighted by molar-refractivity contribution is 6.05. The van der Waals surface area contributed by atoms with Crippen molar-refractivity contribution in [2.24, 2.45) is 0 Å². The van der Waals surface area contributed by atoms with Gasteiger partial charge in [-0.25, -0.2) is 4.98 Å². The molecule has 0 atom stereocenters. The first-order valence-corrected chi connectivity index (χ1v) is 11.8. The van der Waals surface area contributed by atoms with E-state index in [9.17, 15) is 14.0 Å². The minimum Gasteiger partial charge on any atom is -0.398 e. The number of anilines is 1. The van der Waals surface area contributed by atoms with E-state index in [0.29, 0.717) is 63.4 Å². The average Bonchev–Trinajstić information content (AvgIpc) is 2.93. The van der Waals surface area contributed by atoms with Crippen molar-refractivity contribution in [1.82, 2.24) is 14.8 Å². The number of nitrogen functional groups attached to an aromatic ring is 1. The van der Waals surface area contributed by atoms with E-state index in [1.807, 2.05) is 30.3 Å². The second kappa shape index (κ2) is 10.8. The van der Waals surface area contributed by atoms with Crippen LogP contribution in [0, 0.1) is 5.41 Å². The van der Waals surface area contributed by atoms with Crippen molar-refractivity contribution in [2.75, 3.05) is 45.7 Å². The van der Waals surface area contributed by atoms with Crippen LogP contribution in [0.15, 0.2) is 36.4 Å². The molecule has 5 rings (SSSR count). The lowest BCUT2D eigenvalue weighted by Crippen LogP contribution is -2.50. The largest absolute Gasteiger partial charge is 0.398 e. The summed E-state index contributed by atoms with van der Waals surface area (Å²) in [7, 11) is 0.500. The van der Waals surface area contributed by atoms with Crippen molar-refractivity contribution in [3.05, 3.63) is 58.7 Å². The minimum atomic E-state index is -0.0252. The fourth-order valence-electron chi connectivity index (χ4n) is 4.87. The van der Waals surface area contributed by atoms with E-state index in [0.717, 1.165) is 39.7 Å². The molecule has 1 saturated heterocycles. The van der Waals surface area contributed by atoms with Crippen LogP contribution in [-0.2, 0) is 22.6 Å². The normalized spacial score (nSPS) is 15.1. The van der Waals surface area contributed by atoms with Crippen LogP contribution in [0.25, 0.3) is 22.2 Å². The Bertz CT molecular complexity index is 1300. The molecule has 2 amide bonds. The van der Waals surface area contributed by atoms with Gasteiger partial charge < -0.3 is 25.7 Å². The molecule has 1 aromatic heterocycles. The van der Waals surface area contributed by atoms with Crippen molar-refractivity contribution in [1.29, 1.82) is 5.41 Å². The van der Waals surface area contributed by atoms with Gasteiger partial charge in [-0.1, -0.05) is 12.1 Å². The van der Waals surface area contributed by atoms with Gasteiger partial charge in [-0.05, 0) is 41.8 Å². The van der Waals surface area contributed by atoms with Crippen molar-refractivity contribution in [3.63, 3.8) is 0 Å². The van der Waals surface area contributed by atoms with E-state index in [1.54, 1.807) is 22.8 Å². The Balaban J connectivity index is 0.00000148. The maximum atomic E-state index is 13.0. The van der Waals surface area contributed by atoms with E-state index < -0.39 is 0 Å². The van der Waals surface area contributed by atoms with Gasteiger partial charge >= 0.3 is 0 Å². The summed E-state index contributed by atoms with van der Waals surface area (Å²) >= 11 is 0. The molecule has 2 aliphatic rings. The van der Waals surface area contributed by atoms with Gasteiger partial charge in [0.05, 0.1) is 31.6 Å². The zero-order valence-corrected chi connectivity index (χ0v) is 20.5. The molecule has 3 aromatic rings. The molecule has 188 valence electrons. The fraction of sp³-hybridized carbons (Fsp3) is 0.333. The number of carbonyl (C=O) groups is 2. The molecular weight excluding hydrogens is 461 g/mol. The highest BCUT2D eigenvalue weighted by Crippen LogP contribution is 2.36. The molecule has 0 spiro atoms. The first-order chi connectivity index (χ1) is 17.5. The number of nitrogens with zero attached hydrogens (tertiary/aromatic N) is 3. The number of benzene rings is 2. The summed E-state index contributed by atoms with van der Waals surface area (Å²) in [5.41, 5.74) is 12.7. The van der Waals surface area contributed by atoms with Gasteiger partial charge in [0, 0.05) is 67.1 Å². The van der Waals surface area contributed by atoms with E-state index in [1.165, 1.54) is 6.21 Å². The average molecular weight is 492 g/mol. The maximum Gasteiger partial charge on any atom is 0.253 e. The Morgan fingerprint density at radius 1 is 1.03 bits per heavy atom. The number of carbonyl (C=O) groups excluding carboxylic acids is 2. The third-order valence-electron chi connectivity index (χ3n) is 6.75. The standard InChI is InChI=1S/C26H27N5O3.CH3F/c1-16(32)30-9-11-31(12-10-30)26(33)18-4-2-17(3-5-18)25-19-8-13-34-15-21(19)24-20(14-27)22(28)6-7-23(24)29-25;1-2/h2-7,14,27H,8-13,15,28H2,1H3;1H3. The minimum absolute atomic E-state index is 0.0252. The number of hydrogen-bond acceptors (Lipinski definition) is 6. The van der Waals surface area contributed by atoms with Crippen LogP contribution in [0.2, 0.25) is 0 Å². The summed E-state index contributed by atoms with van der Waals surface area (Å²) < 4.78 is 15.3. The van der Waals surface area contributed by atoms with Gasteiger partial charge in [0.2, 0.25) is 5.91 Å². The van der Waals surface area contributed by atoms with E-state index in [-0.39, 0.29) is 11.8 Å². The van der Waals surface area contributed by atoms with E-state index >= 15 is 0 Å². The first kappa shape index (κ1) is 25.2. The van der Waals surface area contributed by atoms with E-state index in [4.69, 9.17) is 20.9 Å². The Morgan fingerprint density at radius 3 is 2.33 bits per heavy atom. The van der Waals surface area contributed by atoms with Crippen molar-refractivity contribution >= 4 is 34.6 Å². The molecule has 3 N–H and O–H groups in total. The zero-order valence-electron chi connectivity index (χ0n) is 20.5. The Hall–Kier alpha value is -3.85. The third kappa shape index (κ3) is 4.66.